The molecule has 0 aromatic heterocycles. The second-order valence-electron chi connectivity index (χ2n) is 4.56. The molecular weight excluding hydrogens is 280 g/mol. The van der Waals surface area contributed by atoms with Crippen molar-refractivity contribution >= 4 is 27.5 Å². The summed E-state index contributed by atoms with van der Waals surface area (Å²) < 4.78 is 0.977. The predicted molar refractivity (Wildman–Crippen MR) is 72.4 cm³/mol. The summed E-state index contributed by atoms with van der Waals surface area (Å²) in [6, 6.07) is 5.74. The summed E-state index contributed by atoms with van der Waals surface area (Å²) in [5, 5.41) is 0. The van der Waals surface area contributed by atoms with Crippen LogP contribution in [0.3, 0.4) is 0 Å². The fourth-order valence-electron chi connectivity index (χ4n) is 2.21. The highest BCUT2D eigenvalue weighted by molar-refractivity contribution is 9.10. The number of nitrogens with two attached hydrogens (primary N) is 1. The van der Waals surface area contributed by atoms with Gasteiger partial charge in [-0.1, -0.05) is 35.3 Å². The Kier molecular flexibility index (Phi) is 3.72. The zero-order chi connectivity index (χ0) is 12.4. The van der Waals surface area contributed by atoms with E-state index in [1.165, 1.54) is 0 Å². The van der Waals surface area contributed by atoms with Crippen molar-refractivity contribution in [2.24, 2.45) is 5.92 Å². The number of amides is 1. The molecule has 1 aliphatic rings. The van der Waals surface area contributed by atoms with Gasteiger partial charge in [-0.15, -0.1) is 0 Å². The number of nitrogen functional groups attached to an aromatic ring is 1. The van der Waals surface area contributed by atoms with E-state index in [4.69, 9.17) is 5.73 Å². The second kappa shape index (κ2) is 5.08. The molecule has 2 rings (SSSR count). The van der Waals surface area contributed by atoms with Gasteiger partial charge in [0.2, 0.25) is 5.91 Å². The summed E-state index contributed by atoms with van der Waals surface area (Å²) in [5.74, 6) is 0.748. The minimum absolute atomic E-state index is 0.243. The fourth-order valence-corrected chi connectivity index (χ4v) is 2.72. The van der Waals surface area contributed by atoms with E-state index in [9.17, 15) is 4.79 Å². The van der Waals surface area contributed by atoms with Crippen LogP contribution >= 0.6 is 15.9 Å². The summed E-state index contributed by atoms with van der Waals surface area (Å²) >= 11 is 3.49. The molecule has 2 N–H and O–H groups in total. The van der Waals surface area contributed by atoms with E-state index in [0.717, 1.165) is 28.7 Å². The van der Waals surface area contributed by atoms with Gasteiger partial charge in [-0.25, -0.2) is 0 Å². The smallest absolute Gasteiger partial charge is 0.223 e. The molecule has 1 amide bonds. The molecule has 1 heterocycles. The van der Waals surface area contributed by atoms with Crippen LogP contribution in [0.15, 0.2) is 22.7 Å². The standard InChI is InChI=1S/C13H17BrN2O/c1-2-9-6-13(17)16(7-9)8-10-11(14)4-3-5-12(10)15/h3-5,9H,2,6-8,15H2,1H3. The molecule has 0 spiro atoms. The summed E-state index contributed by atoms with van der Waals surface area (Å²) in [7, 11) is 0. The first-order valence-corrected chi connectivity index (χ1v) is 6.71. The lowest BCUT2D eigenvalue weighted by Gasteiger charge is -2.18. The molecule has 0 aliphatic carbocycles. The third-order valence-corrected chi connectivity index (χ3v) is 4.12. The Morgan fingerprint density at radius 3 is 2.88 bits per heavy atom. The Balaban J connectivity index is 2.14. The van der Waals surface area contributed by atoms with E-state index in [1.807, 2.05) is 23.1 Å². The lowest BCUT2D eigenvalue weighted by molar-refractivity contribution is -0.128. The summed E-state index contributed by atoms with van der Waals surface area (Å²) in [4.78, 5) is 13.7. The van der Waals surface area contributed by atoms with Crippen molar-refractivity contribution in [1.29, 1.82) is 0 Å². The van der Waals surface area contributed by atoms with E-state index < -0.39 is 0 Å². The largest absolute Gasteiger partial charge is 0.398 e. The Morgan fingerprint density at radius 2 is 2.29 bits per heavy atom. The normalized spacial score (nSPS) is 20.0. The molecule has 1 saturated heterocycles. The molecular formula is C13H17BrN2O. The van der Waals surface area contributed by atoms with Gasteiger partial charge >= 0.3 is 0 Å². The Morgan fingerprint density at radius 1 is 1.53 bits per heavy atom. The van der Waals surface area contributed by atoms with Crippen molar-refractivity contribution in [1.82, 2.24) is 4.90 Å². The lowest BCUT2D eigenvalue weighted by Crippen LogP contribution is -2.25. The number of benzene rings is 1. The third-order valence-electron chi connectivity index (χ3n) is 3.38. The highest BCUT2D eigenvalue weighted by Gasteiger charge is 2.28. The monoisotopic (exact) mass is 296 g/mol. The first-order chi connectivity index (χ1) is 8.11. The van der Waals surface area contributed by atoms with Crippen molar-refractivity contribution in [3.05, 3.63) is 28.2 Å². The van der Waals surface area contributed by atoms with Gasteiger partial charge in [0.15, 0.2) is 0 Å². The Bertz CT molecular complexity index is 413. The average Bonchev–Trinajstić information content (AvgIpc) is 2.65. The zero-order valence-electron chi connectivity index (χ0n) is 9.95. The minimum Gasteiger partial charge on any atom is -0.398 e. The number of carbonyl (C=O) groups excluding carboxylic acids is 1. The van der Waals surface area contributed by atoms with Crippen LogP contribution in [-0.4, -0.2) is 17.4 Å². The highest BCUT2D eigenvalue weighted by atomic mass is 79.9. The van der Waals surface area contributed by atoms with Gasteiger partial charge in [-0.2, -0.15) is 0 Å². The van der Waals surface area contributed by atoms with Crippen LogP contribution in [0.4, 0.5) is 5.69 Å². The topological polar surface area (TPSA) is 46.3 Å². The van der Waals surface area contributed by atoms with E-state index in [1.54, 1.807) is 0 Å². The maximum atomic E-state index is 11.8. The molecule has 3 nitrogen and oxygen atoms in total. The molecule has 1 aromatic rings. The SMILES string of the molecule is CCC1CC(=O)N(Cc2c(N)cccc2Br)C1. The predicted octanol–water partition coefficient (Wildman–Crippen LogP) is 2.79. The number of likely N-dealkylation sites (tertiary alicyclic amines) is 1. The van der Waals surface area contributed by atoms with Crippen LogP contribution in [0.25, 0.3) is 0 Å². The van der Waals surface area contributed by atoms with E-state index in [0.29, 0.717) is 18.9 Å². The van der Waals surface area contributed by atoms with Crippen molar-refractivity contribution in [2.45, 2.75) is 26.3 Å². The first-order valence-electron chi connectivity index (χ1n) is 5.92. The van der Waals surface area contributed by atoms with Crippen LogP contribution in [0.2, 0.25) is 0 Å². The van der Waals surface area contributed by atoms with Crippen molar-refractivity contribution in [3.63, 3.8) is 0 Å². The number of hydrogen-bond donors (Lipinski definition) is 1. The molecule has 1 aromatic carbocycles. The van der Waals surface area contributed by atoms with Gasteiger partial charge in [0.1, 0.15) is 0 Å². The maximum Gasteiger partial charge on any atom is 0.223 e. The molecule has 1 atom stereocenters. The Hall–Kier alpha value is -1.03. The van der Waals surface area contributed by atoms with Crippen LogP contribution < -0.4 is 5.73 Å². The molecule has 1 aliphatic heterocycles. The second-order valence-corrected chi connectivity index (χ2v) is 5.41. The van der Waals surface area contributed by atoms with E-state index >= 15 is 0 Å². The van der Waals surface area contributed by atoms with Gasteiger partial charge in [0, 0.05) is 35.2 Å². The molecule has 0 saturated carbocycles. The third kappa shape index (κ3) is 2.63. The maximum absolute atomic E-state index is 11.8. The van der Waals surface area contributed by atoms with Crippen LogP contribution in [0, 0.1) is 5.92 Å². The molecule has 1 unspecified atom stereocenters. The first kappa shape index (κ1) is 12.4. The minimum atomic E-state index is 0.243. The Labute approximate surface area is 110 Å². The average molecular weight is 297 g/mol. The molecule has 4 heteroatoms. The summed E-state index contributed by atoms with van der Waals surface area (Å²) in [6.07, 6.45) is 1.74. The van der Waals surface area contributed by atoms with Gasteiger partial charge in [0.05, 0.1) is 0 Å². The lowest BCUT2D eigenvalue weighted by atomic mass is 10.1. The number of carbonyl (C=O) groups is 1. The molecule has 0 radical (unpaired) electrons. The van der Waals surface area contributed by atoms with Gasteiger partial charge in [-0.3, -0.25) is 4.79 Å². The van der Waals surface area contributed by atoms with Crippen molar-refractivity contribution in [3.8, 4) is 0 Å². The molecule has 17 heavy (non-hydrogen) atoms. The molecule has 0 bridgehead atoms. The molecule has 92 valence electrons. The number of hydrogen-bond acceptors (Lipinski definition) is 2. The van der Waals surface area contributed by atoms with Gasteiger partial charge in [-0.05, 0) is 18.1 Å². The number of anilines is 1. The fraction of sp³-hybridized carbons (Fsp3) is 0.462. The number of halogens is 1. The highest BCUT2D eigenvalue weighted by Crippen LogP contribution is 2.28. The van der Waals surface area contributed by atoms with Crippen LogP contribution in [0.5, 0.6) is 0 Å². The number of rotatable bonds is 3. The summed E-state index contributed by atoms with van der Waals surface area (Å²) in [5.41, 5.74) is 7.70. The summed E-state index contributed by atoms with van der Waals surface area (Å²) in [6.45, 7) is 3.60. The number of nitrogens with zero attached hydrogens (tertiary/aromatic N) is 1. The quantitative estimate of drug-likeness (QED) is 0.872. The van der Waals surface area contributed by atoms with Gasteiger partial charge in [0.25, 0.3) is 0 Å². The molecule has 1 fully saturated rings. The van der Waals surface area contributed by atoms with Crippen molar-refractivity contribution < 1.29 is 4.79 Å². The van der Waals surface area contributed by atoms with E-state index in [-0.39, 0.29) is 5.91 Å². The van der Waals surface area contributed by atoms with Crippen LogP contribution in [-0.2, 0) is 11.3 Å². The van der Waals surface area contributed by atoms with Gasteiger partial charge < -0.3 is 10.6 Å². The van der Waals surface area contributed by atoms with Crippen molar-refractivity contribution in [2.75, 3.05) is 12.3 Å². The van der Waals surface area contributed by atoms with E-state index in [2.05, 4.69) is 22.9 Å². The van der Waals surface area contributed by atoms with Crippen LogP contribution in [0.1, 0.15) is 25.3 Å². The zero-order valence-corrected chi connectivity index (χ0v) is 11.5.